The minimum Gasteiger partial charge on any atom is -0.493 e. The molecule has 0 saturated carbocycles. The summed E-state index contributed by atoms with van der Waals surface area (Å²) >= 11 is 9.82. The molecule has 29 heavy (non-hydrogen) atoms. The van der Waals surface area contributed by atoms with Crippen molar-refractivity contribution in [3.63, 3.8) is 0 Å². The molecule has 0 aromatic heterocycles. The second-order valence-electron chi connectivity index (χ2n) is 6.40. The van der Waals surface area contributed by atoms with Crippen molar-refractivity contribution in [1.29, 1.82) is 0 Å². The fraction of sp³-hybridized carbons (Fsp3) is 0.217. The van der Waals surface area contributed by atoms with Crippen molar-refractivity contribution < 1.29 is 9.47 Å². The van der Waals surface area contributed by atoms with Crippen molar-refractivity contribution in [2.45, 2.75) is 19.6 Å². The largest absolute Gasteiger partial charge is 0.493 e. The van der Waals surface area contributed by atoms with Crippen molar-refractivity contribution in [2.24, 2.45) is 0 Å². The summed E-state index contributed by atoms with van der Waals surface area (Å²) in [5.74, 6) is 1.37. The molecular formula is C23H24BrCl2NO2. The number of rotatable bonds is 9. The molecule has 0 radical (unpaired) electrons. The lowest BCUT2D eigenvalue weighted by molar-refractivity contribution is 0.282. The van der Waals surface area contributed by atoms with Gasteiger partial charge in [-0.25, -0.2) is 0 Å². The Morgan fingerprint density at radius 1 is 0.966 bits per heavy atom. The summed E-state index contributed by atoms with van der Waals surface area (Å²) in [6.45, 7) is 2.05. The van der Waals surface area contributed by atoms with Gasteiger partial charge < -0.3 is 14.8 Å². The molecule has 0 bridgehead atoms. The van der Waals surface area contributed by atoms with Gasteiger partial charge in [-0.2, -0.15) is 0 Å². The Hall–Kier alpha value is -1.72. The van der Waals surface area contributed by atoms with Crippen molar-refractivity contribution in [3.8, 4) is 11.5 Å². The van der Waals surface area contributed by atoms with Crippen LogP contribution in [-0.4, -0.2) is 13.7 Å². The van der Waals surface area contributed by atoms with Crippen LogP contribution in [0.1, 0.15) is 16.7 Å². The van der Waals surface area contributed by atoms with Crippen molar-refractivity contribution in [3.05, 3.63) is 92.9 Å². The standard InChI is InChI=1S/C23H23BrClNO2.ClH/c1-27-22-14-18(15-26-12-11-17-7-3-2-4-8-17)13-20(24)23(22)28-16-19-9-5-6-10-21(19)25;/h2-10,13-14,26H,11-12,15-16H2,1H3;1H. The zero-order chi connectivity index (χ0) is 19.8. The van der Waals surface area contributed by atoms with E-state index in [2.05, 4.69) is 51.6 Å². The number of nitrogens with one attached hydrogen (secondary N) is 1. The molecular weight excluding hydrogens is 473 g/mol. The summed E-state index contributed by atoms with van der Waals surface area (Å²) in [5.41, 5.74) is 3.39. The Kier molecular flexibility index (Phi) is 9.82. The SMILES string of the molecule is COc1cc(CNCCc2ccccc2)cc(Br)c1OCc1ccccc1Cl.Cl. The molecule has 3 aromatic rings. The van der Waals surface area contributed by atoms with Crippen LogP contribution in [0.15, 0.2) is 71.2 Å². The number of hydrogen-bond donors (Lipinski definition) is 1. The average Bonchev–Trinajstić information content (AvgIpc) is 2.72. The van der Waals surface area contributed by atoms with E-state index in [1.165, 1.54) is 5.56 Å². The summed E-state index contributed by atoms with van der Waals surface area (Å²) in [6.07, 6.45) is 0.998. The fourth-order valence-corrected chi connectivity index (χ4v) is 3.69. The van der Waals surface area contributed by atoms with Crippen LogP contribution in [0.3, 0.4) is 0 Å². The van der Waals surface area contributed by atoms with Gasteiger partial charge in [0.25, 0.3) is 0 Å². The minimum atomic E-state index is 0. The molecule has 0 aliphatic rings. The fourth-order valence-electron chi connectivity index (χ4n) is 2.89. The lowest BCUT2D eigenvalue weighted by Crippen LogP contribution is -2.16. The van der Waals surface area contributed by atoms with Gasteiger partial charge in [0.15, 0.2) is 11.5 Å². The van der Waals surface area contributed by atoms with Crippen LogP contribution in [0.4, 0.5) is 0 Å². The van der Waals surface area contributed by atoms with Gasteiger partial charge in [0, 0.05) is 17.1 Å². The third kappa shape index (κ3) is 6.93. The van der Waals surface area contributed by atoms with Crippen LogP contribution in [0.25, 0.3) is 0 Å². The zero-order valence-corrected chi connectivity index (χ0v) is 19.3. The lowest BCUT2D eigenvalue weighted by atomic mass is 10.1. The predicted molar refractivity (Wildman–Crippen MR) is 126 cm³/mol. The molecule has 3 nitrogen and oxygen atoms in total. The predicted octanol–water partition coefficient (Wildman–Crippen LogP) is 6.44. The van der Waals surface area contributed by atoms with Gasteiger partial charge in [-0.3, -0.25) is 0 Å². The number of methoxy groups -OCH3 is 1. The zero-order valence-electron chi connectivity index (χ0n) is 16.2. The molecule has 0 amide bonds. The smallest absolute Gasteiger partial charge is 0.175 e. The highest BCUT2D eigenvalue weighted by atomic mass is 79.9. The molecule has 0 aliphatic carbocycles. The van der Waals surface area contributed by atoms with E-state index in [-0.39, 0.29) is 12.4 Å². The van der Waals surface area contributed by atoms with Gasteiger partial charge >= 0.3 is 0 Å². The second-order valence-corrected chi connectivity index (χ2v) is 7.66. The molecule has 0 unspecified atom stereocenters. The summed E-state index contributed by atoms with van der Waals surface area (Å²) in [5, 5.41) is 4.17. The molecule has 1 N–H and O–H groups in total. The first-order valence-corrected chi connectivity index (χ1v) is 10.3. The van der Waals surface area contributed by atoms with Gasteiger partial charge in [-0.1, -0.05) is 60.1 Å². The summed E-state index contributed by atoms with van der Waals surface area (Å²) < 4.78 is 12.4. The van der Waals surface area contributed by atoms with E-state index < -0.39 is 0 Å². The molecule has 3 aromatic carbocycles. The Morgan fingerprint density at radius 2 is 1.69 bits per heavy atom. The van der Waals surface area contributed by atoms with Crippen molar-refractivity contribution in [2.75, 3.05) is 13.7 Å². The van der Waals surface area contributed by atoms with Crippen LogP contribution < -0.4 is 14.8 Å². The molecule has 6 heteroatoms. The lowest BCUT2D eigenvalue weighted by Gasteiger charge is -2.15. The van der Waals surface area contributed by atoms with Crippen LogP contribution in [0.5, 0.6) is 11.5 Å². The number of ether oxygens (including phenoxy) is 2. The summed E-state index contributed by atoms with van der Waals surface area (Å²) in [4.78, 5) is 0. The van der Waals surface area contributed by atoms with Crippen molar-refractivity contribution >= 4 is 39.9 Å². The molecule has 0 aliphatic heterocycles. The molecule has 0 atom stereocenters. The maximum Gasteiger partial charge on any atom is 0.175 e. The normalized spacial score (nSPS) is 10.3. The molecule has 0 heterocycles. The Bertz CT molecular complexity index is 907. The first-order valence-electron chi connectivity index (χ1n) is 9.14. The van der Waals surface area contributed by atoms with Crippen molar-refractivity contribution in [1.82, 2.24) is 5.32 Å². The highest BCUT2D eigenvalue weighted by molar-refractivity contribution is 9.10. The maximum atomic E-state index is 6.21. The first-order chi connectivity index (χ1) is 13.7. The summed E-state index contributed by atoms with van der Waals surface area (Å²) in [7, 11) is 1.65. The number of halogens is 3. The third-order valence-corrected chi connectivity index (χ3v) is 5.34. The maximum absolute atomic E-state index is 6.21. The topological polar surface area (TPSA) is 30.5 Å². The van der Waals surface area contributed by atoms with E-state index in [1.54, 1.807) is 7.11 Å². The highest BCUT2D eigenvalue weighted by Crippen LogP contribution is 2.37. The monoisotopic (exact) mass is 495 g/mol. The van der Waals surface area contributed by atoms with E-state index in [4.69, 9.17) is 21.1 Å². The van der Waals surface area contributed by atoms with Gasteiger partial charge in [0.1, 0.15) is 6.61 Å². The second kappa shape index (κ2) is 12.1. The van der Waals surface area contributed by atoms with Crippen LogP contribution in [0.2, 0.25) is 5.02 Å². The van der Waals surface area contributed by atoms with Gasteiger partial charge in [-0.15, -0.1) is 12.4 Å². The molecule has 154 valence electrons. The van der Waals surface area contributed by atoms with Gasteiger partial charge in [0.2, 0.25) is 0 Å². The van der Waals surface area contributed by atoms with Gasteiger partial charge in [0.05, 0.1) is 11.6 Å². The molecule has 0 fully saturated rings. The molecule has 3 rings (SSSR count). The van der Waals surface area contributed by atoms with Gasteiger partial charge in [-0.05, 0) is 58.2 Å². The van der Waals surface area contributed by atoms with Crippen LogP contribution >= 0.6 is 39.9 Å². The summed E-state index contributed by atoms with van der Waals surface area (Å²) in [6, 6.07) is 22.2. The number of benzene rings is 3. The minimum absolute atomic E-state index is 0. The highest BCUT2D eigenvalue weighted by Gasteiger charge is 2.12. The molecule has 0 spiro atoms. The van der Waals surface area contributed by atoms with E-state index in [0.29, 0.717) is 23.1 Å². The van der Waals surface area contributed by atoms with E-state index >= 15 is 0 Å². The third-order valence-electron chi connectivity index (χ3n) is 4.38. The van der Waals surface area contributed by atoms with E-state index in [1.807, 2.05) is 36.4 Å². The van der Waals surface area contributed by atoms with E-state index in [0.717, 1.165) is 35.1 Å². The number of hydrogen-bond acceptors (Lipinski definition) is 3. The van der Waals surface area contributed by atoms with Crippen LogP contribution in [0, 0.1) is 0 Å². The van der Waals surface area contributed by atoms with E-state index in [9.17, 15) is 0 Å². The molecule has 0 saturated heterocycles. The first kappa shape index (κ1) is 23.6. The Labute approximate surface area is 191 Å². The Balaban J connectivity index is 0.00000300. The van der Waals surface area contributed by atoms with Crippen LogP contribution in [-0.2, 0) is 19.6 Å². The quantitative estimate of drug-likeness (QED) is 0.345. The average molecular weight is 497 g/mol. The Morgan fingerprint density at radius 3 is 2.41 bits per heavy atom.